The summed E-state index contributed by atoms with van der Waals surface area (Å²) in [6.07, 6.45) is 8.09. The van der Waals surface area contributed by atoms with E-state index in [9.17, 15) is 22.8 Å². The lowest BCUT2D eigenvalue weighted by atomic mass is 9.69. The van der Waals surface area contributed by atoms with E-state index in [0.717, 1.165) is 16.7 Å². The first-order chi connectivity index (χ1) is 27.1. The Morgan fingerprint density at radius 2 is 1.84 bits per heavy atom. The molecule has 2 saturated carbocycles. The van der Waals surface area contributed by atoms with Gasteiger partial charge in [-0.2, -0.15) is 0 Å². The van der Waals surface area contributed by atoms with Gasteiger partial charge in [-0.25, -0.2) is 8.42 Å². The minimum atomic E-state index is -3.90. The van der Waals surface area contributed by atoms with Crippen LogP contribution in [0.2, 0.25) is 0 Å². The van der Waals surface area contributed by atoms with Gasteiger partial charge in [-0.1, -0.05) is 70.2 Å². The number of nitrogens with one attached hydrogen (secondary N) is 2. The van der Waals surface area contributed by atoms with Crippen LogP contribution in [0.1, 0.15) is 95.8 Å². The Morgan fingerprint density at radius 3 is 2.53 bits per heavy atom. The summed E-state index contributed by atoms with van der Waals surface area (Å²) in [5, 5.41) is 2.33. The molecule has 304 valence electrons. The van der Waals surface area contributed by atoms with Crippen LogP contribution in [0.25, 0.3) is 5.76 Å². The second kappa shape index (κ2) is 15.9. The topological polar surface area (TPSA) is 161 Å². The number of carbonyl (C=O) groups excluding carboxylic acids is 4. The van der Waals surface area contributed by atoms with Crippen LogP contribution in [0.5, 0.6) is 5.75 Å². The molecule has 3 fully saturated rings. The summed E-state index contributed by atoms with van der Waals surface area (Å²) < 4.78 is 40.5. The van der Waals surface area contributed by atoms with Crippen molar-refractivity contribution in [3.05, 3.63) is 83.4 Å². The second-order valence-corrected chi connectivity index (χ2v) is 19.1. The van der Waals surface area contributed by atoms with Crippen LogP contribution in [0.4, 0.5) is 0 Å². The molecular weight excluding hydrogens is 745 g/mol. The number of sulfonamides is 1. The maximum absolute atomic E-state index is 15.1. The normalized spacial score (nSPS) is 28.3. The molecule has 6 unspecified atom stereocenters. The molecule has 12 nitrogen and oxygen atoms in total. The number of aliphatic imine (C=N–C) groups is 1. The molecule has 2 aliphatic carbocycles. The monoisotopic (exact) mass is 798 g/mol. The minimum Gasteiger partial charge on any atom is -0.497 e. The molecule has 2 N–H and O–H groups in total. The SMILES string of the molecule is CCC1C(=O)CCCC=CC2CC2(C(=O)NS(=O)(=O)C2CC2)NC(=O)C2CC(OC3=CC(c4ccccc4)=NCc4cc(OC)ccc43)CN2C(=O)C1C(C)(C)C. The average molecular weight is 799 g/mol. The molecule has 2 aromatic carbocycles. The predicted molar refractivity (Wildman–Crippen MR) is 216 cm³/mol. The number of Topliss-reactive ketones (excluding diaryl/α,β-unsaturated/α-hetero) is 1. The minimum absolute atomic E-state index is 0.0100. The second-order valence-electron chi connectivity index (χ2n) is 17.2. The molecule has 1 saturated heterocycles. The van der Waals surface area contributed by atoms with Gasteiger partial charge in [0.25, 0.3) is 5.91 Å². The number of hydrogen-bond acceptors (Lipinski definition) is 9. The maximum atomic E-state index is 15.1. The molecule has 3 heterocycles. The largest absolute Gasteiger partial charge is 0.497 e. The fourth-order valence-electron chi connectivity index (χ4n) is 8.70. The Kier molecular flexibility index (Phi) is 11.3. The lowest BCUT2D eigenvalue weighted by molar-refractivity contribution is -0.150. The lowest BCUT2D eigenvalue weighted by Gasteiger charge is -2.39. The van der Waals surface area contributed by atoms with Crippen LogP contribution in [0.15, 0.2) is 71.8 Å². The lowest BCUT2D eigenvalue weighted by Crippen LogP contribution is -2.57. The van der Waals surface area contributed by atoms with E-state index < -0.39 is 67.9 Å². The Bertz CT molecular complexity index is 2120. The van der Waals surface area contributed by atoms with Crippen LogP contribution in [0.3, 0.4) is 0 Å². The summed E-state index contributed by atoms with van der Waals surface area (Å²) in [5.41, 5.74) is 1.15. The molecule has 2 aromatic rings. The molecule has 6 atom stereocenters. The predicted octanol–water partition coefficient (Wildman–Crippen LogP) is 5.51. The van der Waals surface area contributed by atoms with E-state index in [4.69, 9.17) is 14.5 Å². The third-order valence-electron chi connectivity index (χ3n) is 12.1. The van der Waals surface area contributed by atoms with Gasteiger partial charge in [0, 0.05) is 36.3 Å². The first-order valence-electron chi connectivity index (χ1n) is 20.2. The molecule has 0 aromatic heterocycles. The summed E-state index contributed by atoms with van der Waals surface area (Å²) in [5.74, 6) is -2.22. The number of ether oxygens (including phenoxy) is 2. The van der Waals surface area contributed by atoms with Crippen molar-refractivity contribution < 1.29 is 37.1 Å². The van der Waals surface area contributed by atoms with Crippen molar-refractivity contribution in [3.63, 3.8) is 0 Å². The van der Waals surface area contributed by atoms with Crippen LogP contribution in [-0.2, 0) is 40.5 Å². The number of rotatable bonds is 8. The van der Waals surface area contributed by atoms with E-state index >= 15 is 4.79 Å². The van der Waals surface area contributed by atoms with Crippen LogP contribution in [-0.4, -0.2) is 79.1 Å². The zero-order chi connectivity index (χ0) is 40.7. The third kappa shape index (κ3) is 8.44. The van der Waals surface area contributed by atoms with Gasteiger partial charge in [0.2, 0.25) is 21.8 Å². The van der Waals surface area contributed by atoms with E-state index in [1.165, 1.54) is 4.90 Å². The van der Waals surface area contributed by atoms with E-state index in [-0.39, 0.29) is 37.5 Å². The first-order valence-corrected chi connectivity index (χ1v) is 21.7. The average Bonchev–Trinajstić information content (AvgIpc) is 4.11. The van der Waals surface area contributed by atoms with Crippen molar-refractivity contribution in [3.8, 4) is 5.75 Å². The highest BCUT2D eigenvalue weighted by Crippen LogP contribution is 2.47. The molecular formula is C44H54N4O8S. The number of amides is 3. The fourth-order valence-corrected chi connectivity index (χ4v) is 10.1. The third-order valence-corrected chi connectivity index (χ3v) is 13.9. The van der Waals surface area contributed by atoms with E-state index in [1.54, 1.807) is 7.11 Å². The molecule has 5 aliphatic rings. The zero-order valence-corrected chi connectivity index (χ0v) is 34.3. The van der Waals surface area contributed by atoms with Gasteiger partial charge in [0.05, 0.1) is 37.1 Å². The van der Waals surface area contributed by atoms with Gasteiger partial charge in [-0.15, -0.1) is 0 Å². The van der Waals surface area contributed by atoms with Gasteiger partial charge in [0.1, 0.15) is 35.0 Å². The highest BCUT2D eigenvalue weighted by molar-refractivity contribution is 7.91. The van der Waals surface area contributed by atoms with Gasteiger partial charge in [0.15, 0.2) is 0 Å². The van der Waals surface area contributed by atoms with Crippen LogP contribution in [0, 0.1) is 23.2 Å². The van der Waals surface area contributed by atoms with Crippen molar-refractivity contribution >= 4 is 45.0 Å². The van der Waals surface area contributed by atoms with E-state index in [1.807, 2.05) is 94.5 Å². The van der Waals surface area contributed by atoms with Crippen molar-refractivity contribution in [2.45, 2.75) is 109 Å². The van der Waals surface area contributed by atoms with Crippen molar-refractivity contribution in [2.75, 3.05) is 13.7 Å². The van der Waals surface area contributed by atoms with Crippen molar-refractivity contribution in [2.24, 2.45) is 28.2 Å². The number of carbonyl (C=O) groups is 4. The first kappa shape index (κ1) is 40.4. The number of fused-ring (bicyclic) bond motifs is 3. The van der Waals surface area contributed by atoms with Crippen molar-refractivity contribution in [1.82, 2.24) is 14.9 Å². The molecule has 57 heavy (non-hydrogen) atoms. The Balaban J connectivity index is 1.26. The highest BCUT2D eigenvalue weighted by Gasteiger charge is 2.62. The molecule has 0 spiro atoms. The molecule has 13 heteroatoms. The van der Waals surface area contributed by atoms with E-state index in [2.05, 4.69) is 10.0 Å². The van der Waals surface area contributed by atoms with Gasteiger partial charge in [-0.05, 0) is 73.3 Å². The van der Waals surface area contributed by atoms with Crippen molar-refractivity contribution in [1.29, 1.82) is 0 Å². The number of allylic oxidation sites excluding steroid dienone is 2. The highest BCUT2D eigenvalue weighted by atomic mass is 32.2. The number of benzene rings is 2. The van der Waals surface area contributed by atoms with Crippen LogP contribution < -0.4 is 14.8 Å². The molecule has 3 aliphatic heterocycles. The van der Waals surface area contributed by atoms with Gasteiger partial charge < -0.3 is 19.7 Å². The smallest absolute Gasteiger partial charge is 0.259 e. The van der Waals surface area contributed by atoms with Gasteiger partial charge in [-0.3, -0.25) is 28.9 Å². The maximum Gasteiger partial charge on any atom is 0.259 e. The van der Waals surface area contributed by atoms with Crippen LogP contribution >= 0.6 is 0 Å². The number of nitrogens with zero attached hydrogens (tertiary/aromatic N) is 2. The fraction of sp³-hybridized carbons (Fsp3) is 0.523. The molecule has 7 rings (SSSR count). The number of ketones is 1. The standard InChI is InChI=1S/C44H54N4O8S/c1-6-33-37(49)16-12-8-11-15-29-24-44(29,42(52)47-57(53,54)32-18-19-32)46-40(50)36-22-31(26-48(36)41(51)39(33)43(2,3)4)56-38-23-35(27-13-9-7-10-14-27)45-25-28-21-30(55-5)17-20-34(28)38/h7,9-11,13-15,17,20-21,23,29,31-33,36,39H,6,8,12,16,18-19,22,24-26H2,1-5H3,(H,46,50)(H,47,52). The number of hydrogen-bond donors (Lipinski definition) is 2. The molecule has 3 amide bonds. The zero-order valence-electron chi connectivity index (χ0n) is 33.5. The quantitative estimate of drug-likeness (QED) is 0.331. The van der Waals surface area contributed by atoms with E-state index in [0.29, 0.717) is 55.9 Å². The number of methoxy groups -OCH3 is 1. The molecule has 0 bridgehead atoms. The van der Waals surface area contributed by atoms with Gasteiger partial charge >= 0.3 is 0 Å². The Morgan fingerprint density at radius 1 is 1.09 bits per heavy atom. The summed E-state index contributed by atoms with van der Waals surface area (Å²) in [6.45, 7) is 8.18. The molecule has 0 radical (unpaired) electrons. The summed E-state index contributed by atoms with van der Waals surface area (Å²) in [4.78, 5) is 63.9. The summed E-state index contributed by atoms with van der Waals surface area (Å²) >= 11 is 0. The Hall–Kier alpha value is -4.78. The summed E-state index contributed by atoms with van der Waals surface area (Å²) in [6, 6.07) is 14.4. The summed E-state index contributed by atoms with van der Waals surface area (Å²) in [7, 11) is -2.29. The Labute approximate surface area is 335 Å².